The summed E-state index contributed by atoms with van der Waals surface area (Å²) >= 11 is 0. The Kier molecular flexibility index (Phi) is 6.15. The Hall–Kier alpha value is -0.120. The van der Waals surface area contributed by atoms with Crippen molar-refractivity contribution < 1.29 is 4.74 Å². The van der Waals surface area contributed by atoms with Crippen molar-refractivity contribution in [2.75, 3.05) is 20.3 Å². The van der Waals surface area contributed by atoms with Gasteiger partial charge in [0.25, 0.3) is 0 Å². The van der Waals surface area contributed by atoms with E-state index in [1.807, 2.05) is 0 Å². The standard InChI is InChI=1S/C11H24N2O/c1-14-8-7-10(12)9-13-11-5-3-2-4-6-11/h10-11,13H,2-9,12H2,1H3. The van der Waals surface area contributed by atoms with Crippen LogP contribution in [0.4, 0.5) is 0 Å². The molecule has 3 N–H and O–H groups in total. The maximum Gasteiger partial charge on any atom is 0.0477 e. The molecular weight excluding hydrogens is 176 g/mol. The fourth-order valence-corrected chi connectivity index (χ4v) is 2.00. The average molecular weight is 200 g/mol. The van der Waals surface area contributed by atoms with E-state index in [0.717, 1.165) is 25.6 Å². The first-order valence-electron chi connectivity index (χ1n) is 5.81. The molecule has 0 radical (unpaired) electrons. The molecular formula is C11H24N2O. The molecule has 0 heterocycles. The first-order chi connectivity index (χ1) is 6.83. The van der Waals surface area contributed by atoms with E-state index in [4.69, 9.17) is 10.5 Å². The summed E-state index contributed by atoms with van der Waals surface area (Å²) in [5.74, 6) is 0. The molecule has 1 saturated carbocycles. The van der Waals surface area contributed by atoms with Gasteiger partial charge in [0.2, 0.25) is 0 Å². The zero-order chi connectivity index (χ0) is 10.2. The van der Waals surface area contributed by atoms with Crippen LogP contribution in [0.3, 0.4) is 0 Å². The highest BCUT2D eigenvalue weighted by molar-refractivity contribution is 4.74. The minimum Gasteiger partial charge on any atom is -0.385 e. The third-order valence-corrected chi connectivity index (χ3v) is 2.97. The van der Waals surface area contributed by atoms with E-state index in [9.17, 15) is 0 Å². The van der Waals surface area contributed by atoms with Gasteiger partial charge in [0, 0.05) is 32.3 Å². The van der Waals surface area contributed by atoms with Gasteiger partial charge in [0.1, 0.15) is 0 Å². The summed E-state index contributed by atoms with van der Waals surface area (Å²) in [6, 6.07) is 0.967. The molecule has 0 spiro atoms. The topological polar surface area (TPSA) is 47.3 Å². The first kappa shape index (κ1) is 12.0. The summed E-state index contributed by atoms with van der Waals surface area (Å²) < 4.78 is 5.00. The van der Waals surface area contributed by atoms with Crippen LogP contribution in [0.2, 0.25) is 0 Å². The Morgan fingerprint density at radius 3 is 2.71 bits per heavy atom. The molecule has 0 aromatic heterocycles. The Labute approximate surface area is 87.4 Å². The molecule has 14 heavy (non-hydrogen) atoms. The van der Waals surface area contributed by atoms with Crippen LogP contribution >= 0.6 is 0 Å². The van der Waals surface area contributed by atoms with Crippen LogP contribution in [0.5, 0.6) is 0 Å². The van der Waals surface area contributed by atoms with Crippen molar-refractivity contribution >= 4 is 0 Å². The van der Waals surface area contributed by atoms with E-state index in [-0.39, 0.29) is 6.04 Å². The van der Waals surface area contributed by atoms with Gasteiger partial charge in [0.15, 0.2) is 0 Å². The predicted octanol–water partition coefficient (Wildman–Crippen LogP) is 1.27. The van der Waals surface area contributed by atoms with Gasteiger partial charge in [0.05, 0.1) is 0 Å². The Morgan fingerprint density at radius 1 is 1.36 bits per heavy atom. The van der Waals surface area contributed by atoms with Crippen molar-refractivity contribution in [1.29, 1.82) is 0 Å². The first-order valence-corrected chi connectivity index (χ1v) is 5.81. The zero-order valence-electron chi connectivity index (χ0n) is 9.30. The molecule has 0 amide bonds. The van der Waals surface area contributed by atoms with Crippen LogP contribution in [0.1, 0.15) is 38.5 Å². The molecule has 1 rings (SSSR count). The van der Waals surface area contributed by atoms with Gasteiger partial charge in [-0.25, -0.2) is 0 Å². The van der Waals surface area contributed by atoms with Crippen molar-refractivity contribution in [3.05, 3.63) is 0 Å². The molecule has 1 atom stereocenters. The molecule has 84 valence electrons. The van der Waals surface area contributed by atoms with Crippen LogP contribution in [-0.4, -0.2) is 32.3 Å². The highest BCUT2D eigenvalue weighted by Gasteiger charge is 2.13. The Bertz CT molecular complexity index is 135. The Balaban J connectivity index is 2.00. The second-order valence-corrected chi connectivity index (χ2v) is 4.28. The quantitative estimate of drug-likeness (QED) is 0.679. The van der Waals surface area contributed by atoms with Crippen molar-refractivity contribution in [2.24, 2.45) is 5.73 Å². The van der Waals surface area contributed by atoms with Gasteiger partial charge < -0.3 is 15.8 Å². The molecule has 3 nitrogen and oxygen atoms in total. The molecule has 3 heteroatoms. The number of nitrogens with one attached hydrogen (secondary N) is 1. The van der Waals surface area contributed by atoms with Crippen LogP contribution in [-0.2, 0) is 4.74 Å². The van der Waals surface area contributed by atoms with E-state index in [1.165, 1.54) is 32.1 Å². The van der Waals surface area contributed by atoms with E-state index >= 15 is 0 Å². The number of ether oxygens (including phenoxy) is 1. The number of hydrogen-bond acceptors (Lipinski definition) is 3. The maximum absolute atomic E-state index is 5.93. The molecule has 1 fully saturated rings. The summed E-state index contributed by atoms with van der Waals surface area (Å²) in [6.45, 7) is 1.71. The monoisotopic (exact) mass is 200 g/mol. The fourth-order valence-electron chi connectivity index (χ4n) is 2.00. The van der Waals surface area contributed by atoms with Crippen LogP contribution in [0.25, 0.3) is 0 Å². The summed E-state index contributed by atoms with van der Waals surface area (Å²) in [7, 11) is 1.72. The highest BCUT2D eigenvalue weighted by atomic mass is 16.5. The van der Waals surface area contributed by atoms with Gasteiger partial charge in [-0.3, -0.25) is 0 Å². The number of rotatable bonds is 6. The summed E-state index contributed by atoms with van der Waals surface area (Å²) in [6.07, 6.45) is 7.79. The van der Waals surface area contributed by atoms with Gasteiger partial charge in [-0.05, 0) is 19.3 Å². The van der Waals surface area contributed by atoms with Gasteiger partial charge in [-0.1, -0.05) is 19.3 Å². The zero-order valence-corrected chi connectivity index (χ0v) is 9.30. The third kappa shape index (κ3) is 4.94. The summed E-state index contributed by atoms with van der Waals surface area (Å²) in [5, 5.41) is 3.55. The average Bonchev–Trinajstić information content (AvgIpc) is 2.25. The lowest BCUT2D eigenvalue weighted by Crippen LogP contribution is -2.40. The Morgan fingerprint density at radius 2 is 2.07 bits per heavy atom. The van der Waals surface area contributed by atoms with Crippen molar-refractivity contribution in [3.63, 3.8) is 0 Å². The number of methoxy groups -OCH3 is 1. The van der Waals surface area contributed by atoms with Crippen LogP contribution in [0, 0.1) is 0 Å². The van der Waals surface area contributed by atoms with E-state index in [1.54, 1.807) is 7.11 Å². The largest absolute Gasteiger partial charge is 0.385 e. The smallest absolute Gasteiger partial charge is 0.0477 e. The lowest BCUT2D eigenvalue weighted by atomic mass is 9.95. The van der Waals surface area contributed by atoms with Crippen molar-refractivity contribution in [2.45, 2.75) is 50.6 Å². The van der Waals surface area contributed by atoms with Crippen molar-refractivity contribution in [3.8, 4) is 0 Å². The molecule has 1 aliphatic carbocycles. The minimum absolute atomic E-state index is 0.247. The van der Waals surface area contributed by atoms with Gasteiger partial charge in [-0.15, -0.1) is 0 Å². The lowest BCUT2D eigenvalue weighted by molar-refractivity contribution is 0.186. The van der Waals surface area contributed by atoms with E-state index in [2.05, 4.69) is 5.32 Å². The molecule has 0 saturated heterocycles. The molecule has 0 bridgehead atoms. The van der Waals surface area contributed by atoms with Crippen LogP contribution < -0.4 is 11.1 Å². The molecule has 1 aliphatic rings. The second-order valence-electron chi connectivity index (χ2n) is 4.28. The van der Waals surface area contributed by atoms with Crippen LogP contribution in [0.15, 0.2) is 0 Å². The molecule has 0 aromatic rings. The van der Waals surface area contributed by atoms with E-state index < -0.39 is 0 Å². The molecule has 0 aromatic carbocycles. The second kappa shape index (κ2) is 7.21. The predicted molar refractivity (Wildman–Crippen MR) is 59.3 cm³/mol. The lowest BCUT2D eigenvalue weighted by Gasteiger charge is -2.24. The minimum atomic E-state index is 0.247. The summed E-state index contributed by atoms with van der Waals surface area (Å²) in [4.78, 5) is 0. The van der Waals surface area contributed by atoms with Crippen molar-refractivity contribution in [1.82, 2.24) is 5.32 Å². The molecule has 1 unspecified atom stereocenters. The number of hydrogen-bond donors (Lipinski definition) is 2. The third-order valence-electron chi connectivity index (χ3n) is 2.97. The SMILES string of the molecule is COCCC(N)CNC1CCCCC1. The number of nitrogens with two attached hydrogens (primary N) is 1. The summed E-state index contributed by atoms with van der Waals surface area (Å²) in [5.41, 5.74) is 5.93. The normalized spacial score (nSPS) is 21.0. The highest BCUT2D eigenvalue weighted by Crippen LogP contribution is 2.17. The fraction of sp³-hybridized carbons (Fsp3) is 1.00. The van der Waals surface area contributed by atoms with E-state index in [0.29, 0.717) is 0 Å². The van der Waals surface area contributed by atoms with Gasteiger partial charge in [-0.2, -0.15) is 0 Å². The maximum atomic E-state index is 5.93. The van der Waals surface area contributed by atoms with Gasteiger partial charge >= 0.3 is 0 Å². The molecule has 0 aliphatic heterocycles.